The summed E-state index contributed by atoms with van der Waals surface area (Å²) >= 11 is 0. The van der Waals surface area contributed by atoms with Crippen LogP contribution in [0.1, 0.15) is 24.0 Å². The fraction of sp³-hybridized carbons (Fsp3) is 0.438. The minimum absolute atomic E-state index is 0.0349. The Balaban J connectivity index is 1.83. The summed E-state index contributed by atoms with van der Waals surface area (Å²) in [6.45, 7) is 2.93. The summed E-state index contributed by atoms with van der Waals surface area (Å²) in [6, 6.07) is 7.95. The summed E-state index contributed by atoms with van der Waals surface area (Å²) in [4.78, 5) is 11.9. The van der Waals surface area contributed by atoms with Crippen molar-refractivity contribution >= 4 is 22.0 Å². The molecule has 1 aliphatic rings. The summed E-state index contributed by atoms with van der Waals surface area (Å²) in [6.07, 6.45) is 5.83. The van der Waals surface area contributed by atoms with Crippen molar-refractivity contribution in [3.63, 3.8) is 0 Å². The van der Waals surface area contributed by atoms with Crippen molar-refractivity contribution in [2.24, 2.45) is 0 Å². The molecular weight excluding hydrogens is 300 g/mol. The Morgan fingerprint density at radius 2 is 2.00 bits per heavy atom. The minimum Gasteiger partial charge on any atom is -0.350 e. The summed E-state index contributed by atoms with van der Waals surface area (Å²) in [5.41, 5.74) is 2.14. The summed E-state index contributed by atoms with van der Waals surface area (Å²) in [7, 11) is -3.12. The molecule has 0 saturated carbocycles. The molecule has 6 heteroatoms. The van der Waals surface area contributed by atoms with Crippen LogP contribution >= 0.6 is 0 Å². The van der Waals surface area contributed by atoms with Crippen molar-refractivity contribution in [2.75, 3.05) is 19.3 Å². The molecule has 120 valence electrons. The first-order valence-electron chi connectivity index (χ1n) is 7.35. The van der Waals surface area contributed by atoms with Gasteiger partial charge < -0.3 is 5.32 Å². The fourth-order valence-corrected chi connectivity index (χ4v) is 3.40. The molecule has 0 spiro atoms. The molecule has 0 aliphatic carbocycles. The van der Waals surface area contributed by atoms with Crippen molar-refractivity contribution < 1.29 is 13.2 Å². The maximum atomic E-state index is 11.9. The number of amides is 1. The Kier molecular flexibility index (Phi) is 5.37. The molecule has 1 saturated heterocycles. The zero-order chi connectivity index (χ0) is 16.2. The molecule has 1 amide bonds. The molecule has 5 nitrogen and oxygen atoms in total. The van der Waals surface area contributed by atoms with Gasteiger partial charge in [-0.05, 0) is 31.4 Å². The standard InChI is InChI=1S/C16H22N2O3S/c1-13-4-3-5-14(12-13)6-7-16(19)17-15-8-10-18(11-9-15)22(2,20)21/h3-7,12,15H,8-11H2,1-2H3,(H,17,19)/b7-6+. The lowest BCUT2D eigenvalue weighted by Crippen LogP contribution is -2.45. The molecule has 0 radical (unpaired) electrons. The van der Waals surface area contributed by atoms with Gasteiger partial charge in [-0.15, -0.1) is 0 Å². The number of nitrogens with zero attached hydrogens (tertiary/aromatic N) is 1. The highest BCUT2D eigenvalue weighted by atomic mass is 32.2. The first kappa shape index (κ1) is 16.7. The lowest BCUT2D eigenvalue weighted by atomic mass is 10.1. The number of hydrogen-bond acceptors (Lipinski definition) is 3. The number of hydrogen-bond donors (Lipinski definition) is 1. The maximum Gasteiger partial charge on any atom is 0.244 e. The Morgan fingerprint density at radius 1 is 1.32 bits per heavy atom. The molecule has 1 aliphatic heterocycles. The van der Waals surface area contributed by atoms with Crippen LogP contribution in [0.15, 0.2) is 30.3 Å². The van der Waals surface area contributed by atoms with E-state index in [1.165, 1.54) is 16.6 Å². The van der Waals surface area contributed by atoms with Gasteiger partial charge in [0.2, 0.25) is 15.9 Å². The smallest absolute Gasteiger partial charge is 0.244 e. The lowest BCUT2D eigenvalue weighted by molar-refractivity contribution is -0.117. The van der Waals surface area contributed by atoms with Crippen molar-refractivity contribution in [1.82, 2.24) is 9.62 Å². The van der Waals surface area contributed by atoms with Crippen molar-refractivity contribution in [1.29, 1.82) is 0 Å². The van der Waals surface area contributed by atoms with Crippen LogP contribution in [0.2, 0.25) is 0 Å². The van der Waals surface area contributed by atoms with Crippen LogP contribution in [0.4, 0.5) is 0 Å². The van der Waals surface area contributed by atoms with Crippen molar-refractivity contribution in [2.45, 2.75) is 25.8 Å². The van der Waals surface area contributed by atoms with E-state index in [0.29, 0.717) is 25.9 Å². The average Bonchev–Trinajstić information content (AvgIpc) is 2.45. The second-order valence-corrected chi connectivity index (χ2v) is 7.67. The van der Waals surface area contributed by atoms with E-state index >= 15 is 0 Å². The van der Waals surface area contributed by atoms with Crippen LogP contribution in [-0.4, -0.2) is 44.0 Å². The predicted octanol–water partition coefficient (Wildman–Crippen LogP) is 1.55. The van der Waals surface area contributed by atoms with E-state index in [1.54, 1.807) is 6.08 Å². The molecule has 1 N–H and O–H groups in total. The summed E-state index contributed by atoms with van der Waals surface area (Å²) in [5, 5.41) is 2.93. The molecule has 1 heterocycles. The van der Waals surface area contributed by atoms with Gasteiger partial charge in [0.15, 0.2) is 0 Å². The third-order valence-corrected chi connectivity index (χ3v) is 5.04. The van der Waals surface area contributed by atoms with Crippen molar-refractivity contribution in [3.05, 3.63) is 41.5 Å². The number of piperidine rings is 1. The Morgan fingerprint density at radius 3 is 2.59 bits per heavy atom. The highest BCUT2D eigenvalue weighted by molar-refractivity contribution is 7.88. The van der Waals surface area contributed by atoms with Gasteiger partial charge in [-0.25, -0.2) is 12.7 Å². The van der Waals surface area contributed by atoms with E-state index in [1.807, 2.05) is 31.2 Å². The van der Waals surface area contributed by atoms with Crippen LogP contribution < -0.4 is 5.32 Å². The first-order chi connectivity index (χ1) is 10.3. The molecule has 0 bridgehead atoms. The minimum atomic E-state index is -3.12. The molecule has 22 heavy (non-hydrogen) atoms. The third-order valence-electron chi connectivity index (χ3n) is 3.74. The number of aryl methyl sites for hydroxylation is 1. The van der Waals surface area contributed by atoms with Crippen LogP contribution in [0.3, 0.4) is 0 Å². The van der Waals surface area contributed by atoms with Crippen LogP contribution in [0.5, 0.6) is 0 Å². The number of benzene rings is 1. The summed E-state index contributed by atoms with van der Waals surface area (Å²) in [5.74, 6) is -0.140. The molecule has 2 rings (SSSR count). The number of nitrogens with one attached hydrogen (secondary N) is 1. The third kappa shape index (κ3) is 4.96. The Bertz CT molecular complexity index is 660. The highest BCUT2D eigenvalue weighted by Gasteiger charge is 2.25. The van der Waals surface area contributed by atoms with Crippen LogP contribution in [-0.2, 0) is 14.8 Å². The number of sulfonamides is 1. The van der Waals surface area contributed by atoms with E-state index in [9.17, 15) is 13.2 Å². The second-order valence-electron chi connectivity index (χ2n) is 5.69. The molecule has 0 atom stereocenters. The van der Waals surface area contributed by atoms with Gasteiger partial charge in [0.05, 0.1) is 6.26 Å². The number of rotatable bonds is 4. The van der Waals surface area contributed by atoms with Crippen LogP contribution in [0.25, 0.3) is 6.08 Å². The molecule has 0 unspecified atom stereocenters. The van der Waals surface area contributed by atoms with Gasteiger partial charge in [0, 0.05) is 25.2 Å². The van der Waals surface area contributed by atoms with Gasteiger partial charge in [0.25, 0.3) is 0 Å². The average molecular weight is 322 g/mol. The zero-order valence-corrected chi connectivity index (χ0v) is 13.8. The van der Waals surface area contributed by atoms with Gasteiger partial charge >= 0.3 is 0 Å². The first-order valence-corrected chi connectivity index (χ1v) is 9.20. The van der Waals surface area contributed by atoms with Gasteiger partial charge in [-0.1, -0.05) is 29.8 Å². The highest BCUT2D eigenvalue weighted by Crippen LogP contribution is 2.13. The largest absolute Gasteiger partial charge is 0.350 e. The van der Waals surface area contributed by atoms with Gasteiger partial charge in [-0.2, -0.15) is 0 Å². The molecule has 1 aromatic rings. The Labute approximate surface area is 132 Å². The van der Waals surface area contributed by atoms with E-state index in [4.69, 9.17) is 0 Å². The quantitative estimate of drug-likeness (QED) is 0.855. The van der Waals surface area contributed by atoms with E-state index in [0.717, 1.165) is 11.1 Å². The SMILES string of the molecule is Cc1cccc(/C=C/C(=O)NC2CCN(S(C)(=O)=O)CC2)c1. The second kappa shape index (κ2) is 7.07. The summed E-state index contributed by atoms with van der Waals surface area (Å²) < 4.78 is 24.3. The fourth-order valence-electron chi connectivity index (χ4n) is 2.53. The normalized spacial score (nSPS) is 17.7. The lowest BCUT2D eigenvalue weighted by Gasteiger charge is -2.30. The number of carbonyl (C=O) groups excluding carboxylic acids is 1. The number of carbonyl (C=O) groups is 1. The zero-order valence-electron chi connectivity index (χ0n) is 13.0. The van der Waals surface area contributed by atoms with E-state index < -0.39 is 10.0 Å². The molecule has 1 fully saturated rings. The van der Waals surface area contributed by atoms with Gasteiger partial charge in [-0.3, -0.25) is 4.79 Å². The molecule has 1 aromatic carbocycles. The van der Waals surface area contributed by atoms with Crippen molar-refractivity contribution in [3.8, 4) is 0 Å². The molecular formula is C16H22N2O3S. The Hall–Kier alpha value is -1.66. The monoisotopic (exact) mass is 322 g/mol. The van der Waals surface area contributed by atoms with E-state index in [2.05, 4.69) is 5.32 Å². The molecule has 0 aromatic heterocycles. The topological polar surface area (TPSA) is 66.5 Å². The maximum absolute atomic E-state index is 11.9. The van der Waals surface area contributed by atoms with Gasteiger partial charge in [0.1, 0.15) is 0 Å². The van der Waals surface area contributed by atoms with Crippen LogP contribution in [0, 0.1) is 6.92 Å². The van der Waals surface area contributed by atoms with E-state index in [-0.39, 0.29) is 11.9 Å². The predicted molar refractivity (Wildman–Crippen MR) is 87.8 cm³/mol.